The van der Waals surface area contributed by atoms with Crippen molar-refractivity contribution in [3.63, 3.8) is 0 Å². The van der Waals surface area contributed by atoms with Crippen molar-refractivity contribution in [3.8, 4) is 0 Å². The maximum atomic E-state index is 12.1. The van der Waals surface area contributed by atoms with Gasteiger partial charge in [0.1, 0.15) is 6.10 Å². The SMILES string of the molecule is O=C(NC[C@@H]1CCCO1)[C@@H]1CCCC2(CNC2)O1. The molecule has 0 bridgehead atoms. The summed E-state index contributed by atoms with van der Waals surface area (Å²) in [5.74, 6) is 0.0384. The van der Waals surface area contributed by atoms with Crippen molar-refractivity contribution in [1.82, 2.24) is 10.6 Å². The van der Waals surface area contributed by atoms with Crippen molar-refractivity contribution in [1.29, 1.82) is 0 Å². The molecule has 3 saturated heterocycles. The zero-order chi connectivity index (χ0) is 12.4. The molecule has 0 aliphatic carbocycles. The minimum Gasteiger partial charge on any atom is -0.376 e. The van der Waals surface area contributed by atoms with Crippen LogP contribution in [0.4, 0.5) is 0 Å². The molecule has 102 valence electrons. The van der Waals surface area contributed by atoms with Crippen LogP contribution in [0.15, 0.2) is 0 Å². The fourth-order valence-corrected chi connectivity index (χ4v) is 3.01. The fraction of sp³-hybridized carbons (Fsp3) is 0.923. The first-order chi connectivity index (χ1) is 8.77. The monoisotopic (exact) mass is 254 g/mol. The van der Waals surface area contributed by atoms with Gasteiger partial charge in [-0.15, -0.1) is 0 Å². The van der Waals surface area contributed by atoms with Gasteiger partial charge in [-0.05, 0) is 32.1 Å². The zero-order valence-electron chi connectivity index (χ0n) is 10.7. The van der Waals surface area contributed by atoms with Crippen molar-refractivity contribution in [2.24, 2.45) is 0 Å². The normalized spacial score (nSPS) is 34.2. The van der Waals surface area contributed by atoms with Crippen LogP contribution in [0, 0.1) is 0 Å². The maximum absolute atomic E-state index is 12.1. The minimum absolute atomic E-state index is 0.0384. The number of hydrogen-bond acceptors (Lipinski definition) is 4. The second-order valence-corrected chi connectivity index (χ2v) is 5.67. The van der Waals surface area contributed by atoms with Gasteiger partial charge in [0.05, 0.1) is 11.7 Å². The number of carbonyl (C=O) groups is 1. The van der Waals surface area contributed by atoms with E-state index in [0.717, 1.165) is 51.8 Å². The molecule has 0 radical (unpaired) electrons. The summed E-state index contributed by atoms with van der Waals surface area (Å²) in [7, 11) is 0. The lowest BCUT2D eigenvalue weighted by Crippen LogP contribution is -2.64. The Hall–Kier alpha value is -0.650. The molecule has 0 aromatic rings. The maximum Gasteiger partial charge on any atom is 0.249 e. The Morgan fingerprint density at radius 1 is 1.33 bits per heavy atom. The molecule has 18 heavy (non-hydrogen) atoms. The van der Waals surface area contributed by atoms with Gasteiger partial charge < -0.3 is 20.1 Å². The zero-order valence-corrected chi connectivity index (χ0v) is 10.7. The van der Waals surface area contributed by atoms with E-state index in [0.29, 0.717) is 6.54 Å². The van der Waals surface area contributed by atoms with Crippen LogP contribution in [-0.4, -0.2) is 50.0 Å². The molecule has 1 amide bonds. The van der Waals surface area contributed by atoms with Crippen LogP contribution >= 0.6 is 0 Å². The molecule has 0 aromatic carbocycles. The second kappa shape index (κ2) is 5.15. The molecule has 3 aliphatic heterocycles. The topological polar surface area (TPSA) is 59.6 Å². The number of rotatable bonds is 3. The lowest BCUT2D eigenvalue weighted by Gasteiger charge is -2.47. The highest BCUT2D eigenvalue weighted by atomic mass is 16.5. The molecule has 1 spiro atoms. The van der Waals surface area contributed by atoms with Gasteiger partial charge in [-0.1, -0.05) is 0 Å². The summed E-state index contributed by atoms with van der Waals surface area (Å²) in [6, 6.07) is 0. The minimum atomic E-state index is -0.262. The van der Waals surface area contributed by atoms with Gasteiger partial charge in [0, 0.05) is 26.2 Å². The van der Waals surface area contributed by atoms with E-state index in [1.165, 1.54) is 0 Å². The Balaban J connectivity index is 1.46. The average Bonchev–Trinajstić information content (AvgIpc) is 2.87. The van der Waals surface area contributed by atoms with Crippen molar-refractivity contribution >= 4 is 5.91 Å². The molecule has 5 nitrogen and oxygen atoms in total. The average molecular weight is 254 g/mol. The van der Waals surface area contributed by atoms with Crippen LogP contribution < -0.4 is 10.6 Å². The number of amides is 1. The molecule has 3 aliphatic rings. The van der Waals surface area contributed by atoms with E-state index in [9.17, 15) is 4.79 Å². The van der Waals surface area contributed by atoms with E-state index >= 15 is 0 Å². The predicted molar refractivity (Wildman–Crippen MR) is 66.3 cm³/mol. The molecule has 2 N–H and O–H groups in total. The number of carbonyl (C=O) groups excluding carboxylic acids is 1. The second-order valence-electron chi connectivity index (χ2n) is 5.67. The van der Waals surface area contributed by atoms with Crippen LogP contribution in [0.3, 0.4) is 0 Å². The summed E-state index contributed by atoms with van der Waals surface area (Å²) in [5.41, 5.74) is -0.0515. The highest BCUT2D eigenvalue weighted by molar-refractivity contribution is 5.80. The van der Waals surface area contributed by atoms with Gasteiger partial charge in [0.2, 0.25) is 5.91 Å². The van der Waals surface area contributed by atoms with E-state index in [2.05, 4.69) is 10.6 Å². The molecular formula is C13H22N2O3. The van der Waals surface area contributed by atoms with E-state index in [1.807, 2.05) is 0 Å². The molecule has 0 unspecified atom stereocenters. The molecular weight excluding hydrogens is 232 g/mol. The lowest BCUT2D eigenvalue weighted by atomic mass is 9.86. The Morgan fingerprint density at radius 3 is 2.89 bits per heavy atom. The van der Waals surface area contributed by atoms with Gasteiger partial charge in [-0.2, -0.15) is 0 Å². The third-order valence-corrected chi connectivity index (χ3v) is 4.21. The summed E-state index contributed by atoms with van der Waals surface area (Å²) in [5, 5.41) is 6.20. The van der Waals surface area contributed by atoms with Gasteiger partial charge in [-0.25, -0.2) is 0 Å². The molecule has 3 rings (SSSR count). The van der Waals surface area contributed by atoms with Gasteiger partial charge in [0.15, 0.2) is 0 Å². The molecule has 5 heteroatoms. The first-order valence-electron chi connectivity index (χ1n) is 7.05. The molecule has 3 fully saturated rings. The van der Waals surface area contributed by atoms with Gasteiger partial charge in [0.25, 0.3) is 0 Å². The summed E-state index contributed by atoms with van der Waals surface area (Å²) in [6.07, 6.45) is 5.11. The number of ether oxygens (including phenoxy) is 2. The van der Waals surface area contributed by atoms with E-state index in [4.69, 9.17) is 9.47 Å². The summed E-state index contributed by atoms with van der Waals surface area (Å²) >= 11 is 0. The van der Waals surface area contributed by atoms with Crippen molar-refractivity contribution in [2.75, 3.05) is 26.2 Å². The van der Waals surface area contributed by atoms with E-state index in [1.54, 1.807) is 0 Å². The molecule has 0 aromatic heterocycles. The van der Waals surface area contributed by atoms with Crippen molar-refractivity contribution < 1.29 is 14.3 Å². The third kappa shape index (κ3) is 2.53. The smallest absolute Gasteiger partial charge is 0.249 e. The van der Waals surface area contributed by atoms with Gasteiger partial charge in [-0.3, -0.25) is 4.79 Å². The van der Waals surface area contributed by atoms with Gasteiger partial charge >= 0.3 is 0 Å². The van der Waals surface area contributed by atoms with Crippen LogP contribution in [0.1, 0.15) is 32.1 Å². The first kappa shape index (κ1) is 12.4. The number of hydrogen-bond donors (Lipinski definition) is 2. The standard InChI is InChI=1S/C13H22N2O3/c16-12(15-7-10-3-2-6-17-10)11-4-1-5-13(18-11)8-14-9-13/h10-11,14H,1-9H2,(H,15,16)/t10-,11-/m0/s1. The Labute approximate surface area is 108 Å². The van der Waals surface area contributed by atoms with E-state index in [-0.39, 0.29) is 23.7 Å². The molecule has 2 atom stereocenters. The first-order valence-corrected chi connectivity index (χ1v) is 7.05. The van der Waals surface area contributed by atoms with Crippen LogP contribution in [0.25, 0.3) is 0 Å². The summed E-state index contributed by atoms with van der Waals surface area (Å²) < 4.78 is 11.5. The van der Waals surface area contributed by atoms with E-state index < -0.39 is 0 Å². The van der Waals surface area contributed by atoms with Crippen LogP contribution in [0.2, 0.25) is 0 Å². The number of nitrogens with one attached hydrogen (secondary N) is 2. The molecule has 3 heterocycles. The third-order valence-electron chi connectivity index (χ3n) is 4.21. The van der Waals surface area contributed by atoms with Crippen LogP contribution in [0.5, 0.6) is 0 Å². The lowest BCUT2D eigenvalue weighted by molar-refractivity contribution is -0.171. The summed E-state index contributed by atoms with van der Waals surface area (Å²) in [6.45, 7) is 3.24. The Bertz CT molecular complexity index is 311. The Kier molecular flexibility index (Phi) is 3.54. The predicted octanol–water partition coefficient (Wildman–Crippen LogP) is 0.193. The van der Waals surface area contributed by atoms with Crippen molar-refractivity contribution in [2.45, 2.75) is 49.9 Å². The largest absolute Gasteiger partial charge is 0.376 e. The Morgan fingerprint density at radius 2 is 2.22 bits per heavy atom. The highest BCUT2D eigenvalue weighted by Gasteiger charge is 2.44. The summed E-state index contributed by atoms with van der Waals surface area (Å²) in [4.78, 5) is 12.1. The fourth-order valence-electron chi connectivity index (χ4n) is 3.01. The highest BCUT2D eigenvalue weighted by Crippen LogP contribution is 2.31. The quantitative estimate of drug-likeness (QED) is 0.755. The van der Waals surface area contributed by atoms with Crippen LogP contribution in [-0.2, 0) is 14.3 Å². The molecule has 0 saturated carbocycles. The van der Waals surface area contributed by atoms with Crippen molar-refractivity contribution in [3.05, 3.63) is 0 Å².